The summed E-state index contributed by atoms with van der Waals surface area (Å²) in [4.78, 5) is 17.3. The van der Waals surface area contributed by atoms with Gasteiger partial charge >= 0.3 is 0 Å². The molecule has 2 fully saturated rings. The Morgan fingerprint density at radius 3 is 2.62 bits per heavy atom. The first-order valence-electron chi connectivity index (χ1n) is 11.5. The summed E-state index contributed by atoms with van der Waals surface area (Å²) in [5.74, 6) is -0.713. The summed E-state index contributed by atoms with van der Waals surface area (Å²) in [5, 5.41) is 10.8. The average Bonchev–Trinajstić information content (AvgIpc) is 3.33. The molecule has 2 N–H and O–H groups in total. The molecule has 1 aromatic carbocycles. The maximum atomic E-state index is 13.5. The topological polar surface area (TPSA) is 64.3 Å². The zero-order valence-electron chi connectivity index (χ0n) is 19.0. The van der Waals surface area contributed by atoms with Crippen molar-refractivity contribution in [2.45, 2.75) is 51.1 Å². The molecule has 8 heteroatoms. The molecule has 0 bridgehead atoms. The summed E-state index contributed by atoms with van der Waals surface area (Å²) in [6.45, 7) is 3.67. The van der Waals surface area contributed by atoms with Gasteiger partial charge in [-0.2, -0.15) is 5.10 Å². The summed E-state index contributed by atoms with van der Waals surface area (Å²) in [5.41, 5.74) is 2.54. The molecular formula is C24H33F2N5O. The number of benzene rings is 1. The normalized spacial score (nSPS) is 23.6. The summed E-state index contributed by atoms with van der Waals surface area (Å²) in [6, 6.07) is 3.48. The van der Waals surface area contributed by atoms with Gasteiger partial charge < -0.3 is 15.1 Å². The maximum absolute atomic E-state index is 13.5. The zero-order valence-corrected chi connectivity index (χ0v) is 19.0. The number of likely N-dealkylation sites (N-methyl/N-ethyl adjacent to an activating group) is 2. The van der Waals surface area contributed by atoms with Crippen molar-refractivity contribution < 1.29 is 13.6 Å². The molecule has 1 aliphatic heterocycles. The second-order valence-corrected chi connectivity index (χ2v) is 9.45. The third kappa shape index (κ3) is 4.86. The van der Waals surface area contributed by atoms with E-state index in [9.17, 15) is 13.6 Å². The van der Waals surface area contributed by atoms with Crippen molar-refractivity contribution in [3.8, 4) is 0 Å². The first kappa shape index (κ1) is 22.9. The quantitative estimate of drug-likeness (QED) is 0.654. The van der Waals surface area contributed by atoms with Crippen LogP contribution < -0.4 is 5.32 Å². The zero-order chi connectivity index (χ0) is 22.7. The van der Waals surface area contributed by atoms with Gasteiger partial charge in [-0.15, -0.1) is 0 Å². The Hall–Kier alpha value is -2.32. The number of rotatable bonds is 8. The van der Waals surface area contributed by atoms with E-state index in [0.717, 1.165) is 63.5 Å². The molecule has 0 atom stereocenters. The summed E-state index contributed by atoms with van der Waals surface area (Å²) in [7, 11) is 4.07. The van der Waals surface area contributed by atoms with Crippen molar-refractivity contribution in [2.75, 3.05) is 33.7 Å². The van der Waals surface area contributed by atoms with Crippen LogP contribution in [0.2, 0.25) is 0 Å². The van der Waals surface area contributed by atoms with E-state index in [2.05, 4.69) is 27.5 Å². The second kappa shape index (κ2) is 9.67. The highest BCUT2D eigenvalue weighted by Gasteiger charge is 2.48. The van der Waals surface area contributed by atoms with E-state index >= 15 is 0 Å². The molecule has 2 aromatic rings. The number of amides is 1. The van der Waals surface area contributed by atoms with Crippen molar-refractivity contribution in [3.05, 3.63) is 52.9 Å². The molecule has 1 aliphatic carbocycles. The minimum absolute atomic E-state index is 0.134. The van der Waals surface area contributed by atoms with Gasteiger partial charge in [-0.05, 0) is 63.9 Å². The Kier molecular flexibility index (Phi) is 6.90. The van der Waals surface area contributed by atoms with Gasteiger partial charge in [0.25, 0.3) is 0 Å². The third-order valence-corrected chi connectivity index (χ3v) is 7.16. The minimum atomic E-state index is -0.603. The predicted molar refractivity (Wildman–Crippen MR) is 119 cm³/mol. The van der Waals surface area contributed by atoms with E-state index < -0.39 is 11.6 Å². The highest BCUT2D eigenvalue weighted by atomic mass is 19.1. The highest BCUT2D eigenvalue weighted by molar-refractivity contribution is 5.85. The lowest BCUT2D eigenvalue weighted by molar-refractivity contribution is -0.138. The Morgan fingerprint density at radius 2 is 1.94 bits per heavy atom. The van der Waals surface area contributed by atoms with Gasteiger partial charge in [-0.25, -0.2) is 8.78 Å². The smallest absolute Gasteiger partial charge is 0.229 e. The van der Waals surface area contributed by atoms with E-state index in [4.69, 9.17) is 0 Å². The van der Waals surface area contributed by atoms with Crippen molar-refractivity contribution in [2.24, 2.45) is 5.41 Å². The van der Waals surface area contributed by atoms with Crippen LogP contribution in [0, 0.1) is 17.0 Å². The number of carbonyl (C=O) groups is 1. The van der Waals surface area contributed by atoms with Gasteiger partial charge in [0.1, 0.15) is 11.6 Å². The molecule has 2 aliphatic rings. The summed E-state index contributed by atoms with van der Waals surface area (Å²) in [6.07, 6.45) is 6.37. The van der Waals surface area contributed by atoms with E-state index in [1.807, 2.05) is 13.2 Å². The van der Waals surface area contributed by atoms with E-state index in [1.165, 1.54) is 17.7 Å². The fourth-order valence-electron chi connectivity index (χ4n) is 5.35. The average molecular weight is 446 g/mol. The van der Waals surface area contributed by atoms with E-state index in [-0.39, 0.29) is 17.9 Å². The highest BCUT2D eigenvalue weighted by Crippen LogP contribution is 2.49. The molecule has 0 radical (unpaired) electrons. The van der Waals surface area contributed by atoms with Crippen molar-refractivity contribution >= 4 is 5.91 Å². The molecule has 1 amide bonds. The minimum Gasteiger partial charge on any atom is -0.338 e. The molecule has 4 rings (SSSR count). The van der Waals surface area contributed by atoms with Gasteiger partial charge in [0.05, 0.1) is 11.1 Å². The predicted octanol–water partition coefficient (Wildman–Crippen LogP) is 3.42. The van der Waals surface area contributed by atoms with Crippen LogP contribution in [0.15, 0.2) is 24.4 Å². The van der Waals surface area contributed by atoms with Gasteiger partial charge in [-0.3, -0.25) is 9.89 Å². The fourth-order valence-corrected chi connectivity index (χ4v) is 5.35. The third-order valence-electron chi connectivity index (χ3n) is 7.16. The second-order valence-electron chi connectivity index (χ2n) is 9.45. The summed E-state index contributed by atoms with van der Waals surface area (Å²) < 4.78 is 27.1. The number of hydrogen-bond acceptors (Lipinski definition) is 4. The van der Waals surface area contributed by atoms with Crippen LogP contribution in [0.5, 0.6) is 0 Å². The molecular weight excluding hydrogens is 412 g/mol. The van der Waals surface area contributed by atoms with E-state index in [0.29, 0.717) is 18.0 Å². The molecule has 1 aromatic heterocycles. The first-order valence-corrected chi connectivity index (χ1v) is 11.5. The number of aromatic amines is 1. The van der Waals surface area contributed by atoms with Gasteiger partial charge in [0.2, 0.25) is 5.91 Å². The van der Waals surface area contributed by atoms with Crippen molar-refractivity contribution in [1.82, 2.24) is 25.3 Å². The van der Waals surface area contributed by atoms with Crippen LogP contribution in [0.3, 0.4) is 0 Å². The number of halogens is 2. The number of nitrogens with one attached hydrogen (secondary N) is 2. The Labute approximate surface area is 188 Å². The van der Waals surface area contributed by atoms with Crippen LogP contribution >= 0.6 is 0 Å². The van der Waals surface area contributed by atoms with Crippen molar-refractivity contribution in [3.63, 3.8) is 0 Å². The fraction of sp³-hybridized carbons (Fsp3) is 0.583. The number of carbonyl (C=O) groups excluding carboxylic acids is 1. The summed E-state index contributed by atoms with van der Waals surface area (Å²) >= 11 is 0. The lowest BCUT2D eigenvalue weighted by Crippen LogP contribution is -2.37. The van der Waals surface area contributed by atoms with Gasteiger partial charge in [0.15, 0.2) is 0 Å². The largest absolute Gasteiger partial charge is 0.338 e. The molecule has 32 heavy (non-hydrogen) atoms. The van der Waals surface area contributed by atoms with Crippen molar-refractivity contribution in [1.29, 1.82) is 0 Å². The van der Waals surface area contributed by atoms with Crippen LogP contribution in [-0.4, -0.2) is 59.6 Å². The Bertz CT molecular complexity index is 918. The molecule has 1 spiro atoms. The van der Waals surface area contributed by atoms with Crippen LogP contribution in [0.1, 0.15) is 54.8 Å². The first-order chi connectivity index (χ1) is 15.4. The lowest BCUT2D eigenvalue weighted by atomic mass is 9.68. The Balaban J connectivity index is 1.36. The number of hydrogen-bond donors (Lipinski definition) is 2. The number of aromatic nitrogens is 2. The van der Waals surface area contributed by atoms with E-state index in [1.54, 1.807) is 4.90 Å². The van der Waals surface area contributed by atoms with Gasteiger partial charge in [-0.1, -0.05) is 0 Å². The van der Waals surface area contributed by atoms with Crippen LogP contribution in [-0.2, 0) is 17.9 Å². The molecule has 6 nitrogen and oxygen atoms in total. The standard InChI is InChI=1S/C24H33F2N5O/c1-27-8-10-30(2)16-19-14-28-29-22(19)18-3-5-24(6-4-18)7-9-31(23(24)32)15-17-11-20(25)13-21(26)12-17/h11-14,18,27H,3-10,15-16H2,1-2H3,(H,28,29)/t18-,24+. The molecule has 0 unspecified atom stereocenters. The van der Waals surface area contributed by atoms with Crippen LogP contribution in [0.25, 0.3) is 0 Å². The maximum Gasteiger partial charge on any atom is 0.229 e. The number of nitrogens with zero attached hydrogens (tertiary/aromatic N) is 3. The monoisotopic (exact) mass is 445 g/mol. The molecule has 1 saturated carbocycles. The molecule has 1 saturated heterocycles. The molecule has 2 heterocycles. The van der Waals surface area contributed by atoms with Crippen LogP contribution in [0.4, 0.5) is 8.78 Å². The Morgan fingerprint density at radius 1 is 1.22 bits per heavy atom. The lowest BCUT2D eigenvalue weighted by Gasteiger charge is -2.35. The SMILES string of the molecule is CNCCN(C)Cc1c[nH]nc1[C@H]1CC[C@]2(CCN(Cc3cc(F)cc(F)c3)C2=O)CC1. The number of H-pyrrole nitrogens is 1. The number of likely N-dealkylation sites (tertiary alicyclic amines) is 1. The molecule has 174 valence electrons. The van der Waals surface area contributed by atoms with Gasteiger partial charge in [0, 0.05) is 56.5 Å².